The molecule has 0 fully saturated rings. The molecule has 0 aliphatic rings. The molecule has 0 amide bonds. The van der Waals surface area contributed by atoms with Gasteiger partial charge in [-0.15, -0.1) is 0 Å². The smallest absolute Gasteiger partial charge is 0.0686 e. The molecule has 0 spiro atoms. The number of aliphatic hydroxyl groups is 1. The van der Waals surface area contributed by atoms with Crippen LogP contribution in [0.15, 0.2) is 12.4 Å². The largest absolute Gasteiger partial charge is 0.390 e. The minimum Gasteiger partial charge on any atom is -0.390 e. The Labute approximate surface area is 92.1 Å². The Hall–Kier alpha value is -0.830. The molecule has 2 atom stereocenters. The Kier molecular flexibility index (Phi) is 3.91. The predicted octanol–water partition coefficient (Wildman–Crippen LogP) is 2.24. The van der Waals surface area contributed by atoms with E-state index in [-0.39, 0.29) is 0 Å². The van der Waals surface area contributed by atoms with Crippen molar-refractivity contribution in [1.82, 2.24) is 9.78 Å². The van der Waals surface area contributed by atoms with Crippen LogP contribution < -0.4 is 0 Å². The van der Waals surface area contributed by atoms with E-state index in [1.54, 1.807) is 0 Å². The first-order valence-electron chi connectivity index (χ1n) is 5.73. The highest BCUT2D eigenvalue weighted by Gasteiger charge is 2.27. The summed E-state index contributed by atoms with van der Waals surface area (Å²) in [4.78, 5) is 0. The monoisotopic (exact) mass is 210 g/mol. The van der Waals surface area contributed by atoms with Crippen LogP contribution in [-0.2, 0) is 13.0 Å². The number of nitrogens with zero attached hydrogens (tertiary/aromatic N) is 2. The van der Waals surface area contributed by atoms with Crippen molar-refractivity contribution in [2.24, 2.45) is 5.92 Å². The van der Waals surface area contributed by atoms with Gasteiger partial charge in [-0.1, -0.05) is 20.3 Å². The quantitative estimate of drug-likeness (QED) is 0.809. The average molecular weight is 210 g/mol. The van der Waals surface area contributed by atoms with E-state index in [9.17, 15) is 5.11 Å². The normalized spacial score (nSPS) is 17.4. The summed E-state index contributed by atoms with van der Waals surface area (Å²) in [6.07, 6.45) is 5.54. The molecule has 2 unspecified atom stereocenters. The fraction of sp³-hybridized carbons (Fsp3) is 0.750. The molecule has 0 radical (unpaired) electrons. The zero-order chi connectivity index (χ0) is 11.5. The number of hydrogen-bond donors (Lipinski definition) is 1. The first-order valence-corrected chi connectivity index (χ1v) is 5.73. The predicted molar refractivity (Wildman–Crippen MR) is 61.7 cm³/mol. The van der Waals surface area contributed by atoms with Crippen LogP contribution in [0.2, 0.25) is 0 Å². The lowest BCUT2D eigenvalue weighted by Gasteiger charge is -2.29. The van der Waals surface area contributed by atoms with Gasteiger partial charge in [0, 0.05) is 19.2 Å². The van der Waals surface area contributed by atoms with Crippen LogP contribution in [0.3, 0.4) is 0 Å². The van der Waals surface area contributed by atoms with Gasteiger partial charge in [0.25, 0.3) is 0 Å². The molecule has 1 heterocycles. The van der Waals surface area contributed by atoms with E-state index in [2.05, 4.69) is 25.9 Å². The molecular weight excluding hydrogens is 188 g/mol. The second kappa shape index (κ2) is 4.79. The second-order valence-electron chi connectivity index (χ2n) is 4.55. The van der Waals surface area contributed by atoms with Crippen LogP contribution >= 0.6 is 0 Å². The van der Waals surface area contributed by atoms with Gasteiger partial charge < -0.3 is 5.11 Å². The van der Waals surface area contributed by atoms with Gasteiger partial charge in [0.15, 0.2) is 0 Å². The molecule has 0 aliphatic heterocycles. The van der Waals surface area contributed by atoms with Crippen LogP contribution in [-0.4, -0.2) is 20.5 Å². The Bertz CT molecular complexity index is 304. The van der Waals surface area contributed by atoms with Gasteiger partial charge >= 0.3 is 0 Å². The van der Waals surface area contributed by atoms with E-state index < -0.39 is 5.60 Å². The molecule has 86 valence electrons. The van der Waals surface area contributed by atoms with Gasteiger partial charge in [-0.25, -0.2) is 0 Å². The third kappa shape index (κ3) is 3.06. The van der Waals surface area contributed by atoms with E-state index in [1.165, 1.54) is 0 Å². The molecule has 0 aliphatic carbocycles. The Morgan fingerprint density at radius 2 is 2.20 bits per heavy atom. The Morgan fingerprint density at radius 3 is 2.67 bits per heavy atom. The first kappa shape index (κ1) is 12.2. The first-order chi connectivity index (χ1) is 6.99. The summed E-state index contributed by atoms with van der Waals surface area (Å²) in [5.41, 5.74) is 0.484. The standard InChI is InChI=1S/C12H22N2O/c1-5-10(3)12(4,15)7-11-8-13-14(6-2)9-11/h8-10,15H,5-7H2,1-4H3. The molecule has 1 rings (SSSR count). The van der Waals surface area contributed by atoms with Crippen molar-refractivity contribution in [3.8, 4) is 0 Å². The minimum absolute atomic E-state index is 0.308. The van der Waals surface area contributed by atoms with Crippen LogP contribution in [0, 0.1) is 5.92 Å². The fourth-order valence-corrected chi connectivity index (χ4v) is 1.70. The van der Waals surface area contributed by atoms with Crippen molar-refractivity contribution >= 4 is 0 Å². The van der Waals surface area contributed by atoms with Crippen molar-refractivity contribution in [3.63, 3.8) is 0 Å². The number of aryl methyl sites for hydroxylation is 1. The van der Waals surface area contributed by atoms with E-state index >= 15 is 0 Å². The SMILES string of the molecule is CCC(C)C(C)(O)Cc1cnn(CC)c1. The lowest BCUT2D eigenvalue weighted by atomic mass is 9.84. The topological polar surface area (TPSA) is 38.1 Å². The summed E-state index contributed by atoms with van der Waals surface area (Å²) in [5.74, 6) is 0.308. The van der Waals surface area contributed by atoms with E-state index in [4.69, 9.17) is 0 Å². The lowest BCUT2D eigenvalue weighted by molar-refractivity contribution is 0.00515. The molecule has 15 heavy (non-hydrogen) atoms. The summed E-state index contributed by atoms with van der Waals surface area (Å²) in [7, 11) is 0. The van der Waals surface area contributed by atoms with Gasteiger partial charge in [-0.3, -0.25) is 4.68 Å². The van der Waals surface area contributed by atoms with Crippen LogP contribution in [0.5, 0.6) is 0 Å². The summed E-state index contributed by atoms with van der Waals surface area (Å²) >= 11 is 0. The maximum atomic E-state index is 10.3. The summed E-state index contributed by atoms with van der Waals surface area (Å²) in [5, 5.41) is 14.5. The van der Waals surface area contributed by atoms with Crippen molar-refractivity contribution < 1.29 is 5.11 Å². The molecule has 3 nitrogen and oxygen atoms in total. The van der Waals surface area contributed by atoms with Gasteiger partial charge in [0.05, 0.1) is 11.8 Å². The zero-order valence-electron chi connectivity index (χ0n) is 10.2. The maximum absolute atomic E-state index is 10.3. The fourth-order valence-electron chi connectivity index (χ4n) is 1.70. The molecule has 0 saturated heterocycles. The zero-order valence-corrected chi connectivity index (χ0v) is 10.2. The van der Waals surface area contributed by atoms with Crippen molar-refractivity contribution in [3.05, 3.63) is 18.0 Å². The third-order valence-corrected chi connectivity index (χ3v) is 3.25. The number of hydrogen-bond acceptors (Lipinski definition) is 2. The second-order valence-corrected chi connectivity index (χ2v) is 4.55. The summed E-state index contributed by atoms with van der Waals surface area (Å²) in [6, 6.07) is 0. The lowest BCUT2D eigenvalue weighted by Crippen LogP contribution is -2.34. The van der Waals surface area contributed by atoms with E-state index in [0.717, 1.165) is 18.5 Å². The van der Waals surface area contributed by atoms with Crippen LogP contribution in [0.25, 0.3) is 0 Å². The van der Waals surface area contributed by atoms with Gasteiger partial charge in [0.2, 0.25) is 0 Å². The van der Waals surface area contributed by atoms with E-state index in [0.29, 0.717) is 12.3 Å². The third-order valence-electron chi connectivity index (χ3n) is 3.25. The molecular formula is C12H22N2O. The van der Waals surface area contributed by atoms with Crippen molar-refractivity contribution in [1.29, 1.82) is 0 Å². The molecule has 0 bridgehead atoms. The summed E-state index contributed by atoms with van der Waals surface area (Å²) in [6.45, 7) is 9.04. The van der Waals surface area contributed by atoms with Gasteiger partial charge in [-0.2, -0.15) is 5.10 Å². The van der Waals surface area contributed by atoms with Crippen molar-refractivity contribution in [2.75, 3.05) is 0 Å². The van der Waals surface area contributed by atoms with Crippen molar-refractivity contribution in [2.45, 2.75) is 52.7 Å². The minimum atomic E-state index is -0.629. The number of aromatic nitrogens is 2. The highest BCUT2D eigenvalue weighted by Crippen LogP contribution is 2.24. The average Bonchev–Trinajstić information content (AvgIpc) is 2.63. The number of rotatable bonds is 5. The molecule has 1 aromatic rings. The van der Waals surface area contributed by atoms with Gasteiger partial charge in [0.1, 0.15) is 0 Å². The molecule has 0 aromatic carbocycles. The van der Waals surface area contributed by atoms with Crippen LogP contribution in [0.4, 0.5) is 0 Å². The molecule has 3 heteroatoms. The van der Waals surface area contributed by atoms with Crippen LogP contribution in [0.1, 0.15) is 39.7 Å². The molecule has 1 N–H and O–H groups in total. The van der Waals surface area contributed by atoms with Gasteiger partial charge in [-0.05, 0) is 25.3 Å². The highest BCUT2D eigenvalue weighted by atomic mass is 16.3. The summed E-state index contributed by atoms with van der Waals surface area (Å²) < 4.78 is 1.89. The molecule has 0 saturated carbocycles. The maximum Gasteiger partial charge on any atom is 0.0686 e. The van der Waals surface area contributed by atoms with E-state index in [1.807, 2.05) is 24.0 Å². The Balaban J connectivity index is 2.68. The Morgan fingerprint density at radius 1 is 1.53 bits per heavy atom. The highest BCUT2D eigenvalue weighted by molar-refractivity contribution is 5.08. The molecule has 1 aromatic heterocycles.